The maximum absolute atomic E-state index is 12.2. The molecule has 1 aromatic carbocycles. The zero-order valence-corrected chi connectivity index (χ0v) is 14.5. The molecule has 3 aromatic rings. The van der Waals surface area contributed by atoms with E-state index in [4.69, 9.17) is 0 Å². The Morgan fingerprint density at radius 3 is 2.96 bits per heavy atom. The quantitative estimate of drug-likeness (QED) is 0.424. The van der Waals surface area contributed by atoms with Crippen molar-refractivity contribution in [1.29, 1.82) is 0 Å². The lowest BCUT2D eigenvalue weighted by Crippen LogP contribution is -2.26. The number of nitrogens with zero attached hydrogens (tertiary/aromatic N) is 4. The molecule has 0 aliphatic heterocycles. The molecular weight excluding hydrogens is 322 g/mol. The standard InChI is InChI=1S/C17H19N5OS/c1-12-10-14(21-17(20-12)24-2)16(23)18-8-5-9-22-11-19-13-6-3-4-7-15(13)22/h3-4,6-7,10-11H,5,8-9H2,1-2H3,(H,18,23). The summed E-state index contributed by atoms with van der Waals surface area (Å²) in [5, 5.41) is 3.53. The zero-order valence-electron chi connectivity index (χ0n) is 13.7. The number of carbonyl (C=O) groups is 1. The van der Waals surface area contributed by atoms with Crippen LogP contribution in [0.5, 0.6) is 0 Å². The van der Waals surface area contributed by atoms with Crippen molar-refractivity contribution in [2.45, 2.75) is 25.0 Å². The summed E-state index contributed by atoms with van der Waals surface area (Å²) in [4.78, 5) is 25.1. The first-order valence-corrected chi connectivity index (χ1v) is 8.97. The van der Waals surface area contributed by atoms with E-state index >= 15 is 0 Å². The van der Waals surface area contributed by atoms with Gasteiger partial charge in [0.2, 0.25) is 0 Å². The van der Waals surface area contributed by atoms with Crippen molar-refractivity contribution in [1.82, 2.24) is 24.8 Å². The Morgan fingerprint density at radius 1 is 1.29 bits per heavy atom. The third-order valence-electron chi connectivity index (χ3n) is 3.64. The Labute approximate surface area is 144 Å². The summed E-state index contributed by atoms with van der Waals surface area (Å²) in [6.45, 7) is 3.25. The number of rotatable bonds is 6. The minimum absolute atomic E-state index is 0.161. The third kappa shape index (κ3) is 3.73. The van der Waals surface area contributed by atoms with Crippen LogP contribution in [0.25, 0.3) is 11.0 Å². The van der Waals surface area contributed by atoms with Gasteiger partial charge in [-0.05, 0) is 37.8 Å². The molecule has 0 spiro atoms. The fourth-order valence-electron chi connectivity index (χ4n) is 2.48. The number of benzene rings is 1. The van der Waals surface area contributed by atoms with E-state index in [-0.39, 0.29) is 5.91 Å². The lowest BCUT2D eigenvalue weighted by Gasteiger charge is -2.07. The topological polar surface area (TPSA) is 72.7 Å². The highest BCUT2D eigenvalue weighted by molar-refractivity contribution is 7.98. The SMILES string of the molecule is CSc1nc(C)cc(C(=O)NCCCn2cnc3ccccc32)n1. The number of hydrogen-bond donors (Lipinski definition) is 1. The Morgan fingerprint density at radius 2 is 2.12 bits per heavy atom. The molecule has 124 valence electrons. The van der Waals surface area contributed by atoms with E-state index in [1.54, 1.807) is 6.07 Å². The van der Waals surface area contributed by atoms with Crippen LogP contribution in [0.3, 0.4) is 0 Å². The van der Waals surface area contributed by atoms with Gasteiger partial charge >= 0.3 is 0 Å². The van der Waals surface area contributed by atoms with Gasteiger partial charge < -0.3 is 9.88 Å². The molecular formula is C17H19N5OS. The number of nitrogens with one attached hydrogen (secondary N) is 1. The average molecular weight is 341 g/mol. The van der Waals surface area contributed by atoms with Gasteiger partial charge in [-0.1, -0.05) is 23.9 Å². The first-order chi connectivity index (χ1) is 11.7. The zero-order chi connectivity index (χ0) is 16.9. The number of hydrogen-bond acceptors (Lipinski definition) is 5. The van der Waals surface area contributed by atoms with Crippen LogP contribution >= 0.6 is 11.8 Å². The molecule has 0 bridgehead atoms. The Kier molecular flexibility index (Phi) is 5.10. The highest BCUT2D eigenvalue weighted by Gasteiger charge is 2.10. The molecule has 0 aliphatic rings. The van der Waals surface area contributed by atoms with Crippen LogP contribution < -0.4 is 5.32 Å². The molecule has 0 saturated carbocycles. The van der Waals surface area contributed by atoms with Crippen LogP contribution in [0, 0.1) is 6.92 Å². The first-order valence-electron chi connectivity index (χ1n) is 7.75. The third-order valence-corrected chi connectivity index (χ3v) is 4.19. The number of amides is 1. The van der Waals surface area contributed by atoms with E-state index in [1.807, 2.05) is 37.7 Å². The van der Waals surface area contributed by atoms with Gasteiger partial charge in [-0.15, -0.1) is 0 Å². The molecule has 6 nitrogen and oxygen atoms in total. The van der Waals surface area contributed by atoms with E-state index < -0.39 is 0 Å². The van der Waals surface area contributed by atoms with E-state index in [0.29, 0.717) is 17.4 Å². The molecule has 24 heavy (non-hydrogen) atoms. The van der Waals surface area contributed by atoms with Gasteiger partial charge in [0.05, 0.1) is 17.4 Å². The summed E-state index contributed by atoms with van der Waals surface area (Å²) >= 11 is 1.43. The number of thioether (sulfide) groups is 1. The summed E-state index contributed by atoms with van der Waals surface area (Å²) in [6, 6.07) is 9.73. The fourth-order valence-corrected chi connectivity index (χ4v) is 2.90. The number of para-hydroxylation sites is 2. The number of aryl methyl sites for hydroxylation is 2. The predicted molar refractivity (Wildman–Crippen MR) is 95.2 cm³/mol. The lowest BCUT2D eigenvalue weighted by molar-refractivity contribution is 0.0946. The number of imidazole rings is 1. The number of fused-ring (bicyclic) bond motifs is 1. The number of aromatic nitrogens is 4. The molecule has 0 radical (unpaired) electrons. The van der Waals surface area contributed by atoms with Crippen molar-refractivity contribution in [2.75, 3.05) is 12.8 Å². The maximum Gasteiger partial charge on any atom is 0.270 e. The van der Waals surface area contributed by atoms with Crippen molar-refractivity contribution in [2.24, 2.45) is 0 Å². The molecule has 2 heterocycles. The molecule has 0 unspecified atom stereocenters. The van der Waals surface area contributed by atoms with Gasteiger partial charge in [-0.25, -0.2) is 15.0 Å². The normalized spacial score (nSPS) is 10.9. The first kappa shape index (κ1) is 16.4. The lowest BCUT2D eigenvalue weighted by atomic mass is 10.3. The Bertz CT molecular complexity index is 861. The fraction of sp³-hybridized carbons (Fsp3) is 0.294. The second kappa shape index (κ2) is 7.44. The Balaban J connectivity index is 1.55. The summed E-state index contributed by atoms with van der Waals surface area (Å²) < 4.78 is 2.10. The summed E-state index contributed by atoms with van der Waals surface area (Å²) in [5.74, 6) is -0.161. The van der Waals surface area contributed by atoms with Crippen LogP contribution in [0.15, 0.2) is 41.8 Å². The van der Waals surface area contributed by atoms with Crippen LogP contribution in [0.4, 0.5) is 0 Å². The second-order valence-corrected chi connectivity index (χ2v) is 6.19. The molecule has 7 heteroatoms. The van der Waals surface area contributed by atoms with Gasteiger partial charge in [0, 0.05) is 18.8 Å². The van der Waals surface area contributed by atoms with Gasteiger partial charge in [0.15, 0.2) is 5.16 Å². The molecule has 0 aliphatic carbocycles. The number of carbonyl (C=O) groups excluding carboxylic acids is 1. The average Bonchev–Trinajstić information content (AvgIpc) is 3.01. The van der Waals surface area contributed by atoms with Crippen molar-refractivity contribution < 1.29 is 4.79 Å². The largest absolute Gasteiger partial charge is 0.351 e. The van der Waals surface area contributed by atoms with Gasteiger partial charge in [-0.2, -0.15) is 0 Å². The molecule has 0 saturated heterocycles. The van der Waals surface area contributed by atoms with Crippen LogP contribution in [0.1, 0.15) is 22.6 Å². The Hall–Kier alpha value is -2.41. The smallest absolute Gasteiger partial charge is 0.270 e. The van der Waals surface area contributed by atoms with Crippen molar-refractivity contribution >= 4 is 28.7 Å². The molecule has 0 fully saturated rings. The minimum Gasteiger partial charge on any atom is -0.351 e. The molecule has 1 amide bonds. The van der Waals surface area contributed by atoms with E-state index in [2.05, 4.69) is 30.9 Å². The van der Waals surface area contributed by atoms with E-state index in [9.17, 15) is 4.79 Å². The molecule has 1 N–H and O–H groups in total. The predicted octanol–water partition coefficient (Wildman–Crippen LogP) is 2.68. The van der Waals surface area contributed by atoms with Crippen LogP contribution in [0.2, 0.25) is 0 Å². The molecule has 0 atom stereocenters. The highest BCUT2D eigenvalue weighted by Crippen LogP contribution is 2.12. The molecule has 3 rings (SSSR count). The van der Waals surface area contributed by atoms with Crippen molar-refractivity contribution in [3.8, 4) is 0 Å². The second-order valence-electron chi connectivity index (χ2n) is 5.42. The van der Waals surface area contributed by atoms with E-state index in [0.717, 1.165) is 29.7 Å². The summed E-state index contributed by atoms with van der Waals surface area (Å²) in [5.41, 5.74) is 3.31. The van der Waals surface area contributed by atoms with Crippen molar-refractivity contribution in [3.05, 3.63) is 48.0 Å². The van der Waals surface area contributed by atoms with E-state index in [1.165, 1.54) is 11.8 Å². The minimum atomic E-state index is -0.161. The monoisotopic (exact) mass is 341 g/mol. The van der Waals surface area contributed by atoms with Crippen molar-refractivity contribution in [3.63, 3.8) is 0 Å². The summed E-state index contributed by atoms with van der Waals surface area (Å²) in [6.07, 6.45) is 4.56. The van der Waals surface area contributed by atoms with Crippen LogP contribution in [-0.2, 0) is 6.54 Å². The van der Waals surface area contributed by atoms with Crippen LogP contribution in [-0.4, -0.2) is 38.2 Å². The van der Waals surface area contributed by atoms with Gasteiger partial charge in [-0.3, -0.25) is 4.79 Å². The summed E-state index contributed by atoms with van der Waals surface area (Å²) in [7, 11) is 0. The maximum atomic E-state index is 12.2. The molecule has 2 aromatic heterocycles. The highest BCUT2D eigenvalue weighted by atomic mass is 32.2. The van der Waals surface area contributed by atoms with Gasteiger partial charge in [0.1, 0.15) is 5.69 Å². The van der Waals surface area contributed by atoms with Gasteiger partial charge in [0.25, 0.3) is 5.91 Å².